The van der Waals surface area contributed by atoms with Gasteiger partial charge in [-0.05, 0) is 49.7 Å². The second-order valence-electron chi connectivity index (χ2n) is 7.19. The van der Waals surface area contributed by atoms with Crippen LogP contribution in [0.1, 0.15) is 30.5 Å². The summed E-state index contributed by atoms with van der Waals surface area (Å²) in [6, 6.07) is 4.13. The van der Waals surface area contributed by atoms with Gasteiger partial charge in [0.1, 0.15) is 17.8 Å². The van der Waals surface area contributed by atoms with E-state index in [1.165, 1.54) is 12.0 Å². The Balaban J connectivity index is 1.19. The predicted molar refractivity (Wildman–Crippen MR) is 98.4 cm³/mol. The van der Waals surface area contributed by atoms with E-state index in [0.717, 1.165) is 61.3 Å². The van der Waals surface area contributed by atoms with Gasteiger partial charge < -0.3 is 14.6 Å². The van der Waals surface area contributed by atoms with Crippen molar-refractivity contribution in [2.24, 2.45) is 5.92 Å². The lowest BCUT2D eigenvalue weighted by atomic mass is 9.97. The summed E-state index contributed by atoms with van der Waals surface area (Å²) >= 11 is 0. The molecule has 1 aliphatic heterocycles. The smallest absolute Gasteiger partial charge is 0.233 e. The molecule has 2 aliphatic rings. The summed E-state index contributed by atoms with van der Waals surface area (Å²) in [5.41, 5.74) is 3.35. The number of ether oxygens (including phenoxy) is 1. The molecular weight excluding hydrogens is 328 g/mol. The zero-order valence-corrected chi connectivity index (χ0v) is 14.7. The number of aryl methyl sites for hydroxylation is 2. The van der Waals surface area contributed by atoms with Crippen molar-refractivity contribution in [3.63, 3.8) is 0 Å². The van der Waals surface area contributed by atoms with Crippen molar-refractivity contribution in [2.75, 3.05) is 24.6 Å². The first-order valence-corrected chi connectivity index (χ1v) is 9.38. The van der Waals surface area contributed by atoms with Crippen molar-refractivity contribution in [3.8, 4) is 5.88 Å². The quantitative estimate of drug-likeness (QED) is 0.779. The first kappa shape index (κ1) is 15.5. The molecule has 0 radical (unpaired) electrons. The molecule has 4 heterocycles. The highest BCUT2D eigenvalue weighted by Gasteiger charge is 2.23. The van der Waals surface area contributed by atoms with Gasteiger partial charge in [0.2, 0.25) is 5.88 Å². The Hall–Kier alpha value is -2.70. The van der Waals surface area contributed by atoms with E-state index in [0.29, 0.717) is 18.4 Å². The molecule has 3 aromatic rings. The SMILES string of the molecule is c1nc(N2CCC(COc3cc4c(nn3)CCC4)CC2)c2cc[nH]c2n1. The molecule has 0 bridgehead atoms. The molecule has 1 fully saturated rings. The van der Waals surface area contributed by atoms with E-state index in [2.05, 4.69) is 36.1 Å². The number of fused-ring (bicyclic) bond motifs is 2. The summed E-state index contributed by atoms with van der Waals surface area (Å²) in [5.74, 6) is 2.25. The van der Waals surface area contributed by atoms with Crippen LogP contribution >= 0.6 is 0 Å². The summed E-state index contributed by atoms with van der Waals surface area (Å²) in [7, 11) is 0. The van der Waals surface area contributed by atoms with Gasteiger partial charge in [0.25, 0.3) is 0 Å². The molecule has 0 amide bonds. The molecule has 26 heavy (non-hydrogen) atoms. The van der Waals surface area contributed by atoms with E-state index in [4.69, 9.17) is 4.74 Å². The third kappa shape index (κ3) is 2.87. The number of aromatic amines is 1. The minimum absolute atomic E-state index is 0.546. The fraction of sp³-hybridized carbons (Fsp3) is 0.474. The normalized spacial score (nSPS) is 17.6. The zero-order chi connectivity index (χ0) is 17.3. The highest BCUT2D eigenvalue weighted by molar-refractivity contribution is 5.87. The highest BCUT2D eigenvalue weighted by Crippen LogP contribution is 2.27. The number of H-pyrrole nitrogens is 1. The van der Waals surface area contributed by atoms with Crippen LogP contribution in [0.25, 0.3) is 11.0 Å². The molecule has 1 aliphatic carbocycles. The number of nitrogens with one attached hydrogen (secondary N) is 1. The van der Waals surface area contributed by atoms with Gasteiger partial charge in [-0.2, -0.15) is 5.10 Å². The van der Waals surface area contributed by atoms with Crippen molar-refractivity contribution >= 4 is 16.9 Å². The largest absolute Gasteiger partial charge is 0.476 e. The van der Waals surface area contributed by atoms with Crippen LogP contribution in [0.4, 0.5) is 5.82 Å². The fourth-order valence-electron chi connectivity index (χ4n) is 4.00. The van der Waals surface area contributed by atoms with Gasteiger partial charge in [-0.1, -0.05) is 0 Å². The highest BCUT2D eigenvalue weighted by atomic mass is 16.5. The Morgan fingerprint density at radius 2 is 2.08 bits per heavy atom. The maximum Gasteiger partial charge on any atom is 0.233 e. The molecule has 0 unspecified atom stereocenters. The molecule has 7 heteroatoms. The third-order valence-corrected chi connectivity index (χ3v) is 5.51. The lowest BCUT2D eigenvalue weighted by molar-refractivity contribution is 0.214. The van der Waals surface area contributed by atoms with Crippen molar-refractivity contribution in [3.05, 3.63) is 35.9 Å². The van der Waals surface area contributed by atoms with Gasteiger partial charge in [-0.25, -0.2) is 9.97 Å². The lowest BCUT2D eigenvalue weighted by Gasteiger charge is -2.32. The minimum atomic E-state index is 0.546. The van der Waals surface area contributed by atoms with Crippen LogP contribution in [0.2, 0.25) is 0 Å². The average molecular weight is 350 g/mol. The predicted octanol–water partition coefficient (Wildman–Crippen LogP) is 2.53. The van der Waals surface area contributed by atoms with E-state index < -0.39 is 0 Å². The van der Waals surface area contributed by atoms with Crippen LogP contribution < -0.4 is 9.64 Å². The lowest BCUT2D eigenvalue weighted by Crippen LogP contribution is -2.36. The van der Waals surface area contributed by atoms with Gasteiger partial charge in [0.15, 0.2) is 0 Å². The molecule has 0 spiro atoms. The molecular formula is C19H22N6O. The van der Waals surface area contributed by atoms with Crippen LogP contribution in [0.3, 0.4) is 0 Å². The maximum atomic E-state index is 5.95. The van der Waals surface area contributed by atoms with Crippen molar-refractivity contribution in [1.82, 2.24) is 25.1 Å². The third-order valence-electron chi connectivity index (χ3n) is 5.51. The molecule has 0 saturated carbocycles. The van der Waals surface area contributed by atoms with Crippen LogP contribution in [-0.2, 0) is 12.8 Å². The Kier molecular flexibility index (Phi) is 3.92. The molecule has 134 valence electrons. The minimum Gasteiger partial charge on any atom is -0.476 e. The number of piperidine rings is 1. The van der Waals surface area contributed by atoms with Gasteiger partial charge in [0, 0.05) is 25.4 Å². The maximum absolute atomic E-state index is 5.95. The first-order chi connectivity index (χ1) is 12.9. The summed E-state index contributed by atoms with van der Waals surface area (Å²) in [6.45, 7) is 2.69. The van der Waals surface area contributed by atoms with Gasteiger partial charge in [0.05, 0.1) is 17.7 Å². The van der Waals surface area contributed by atoms with E-state index >= 15 is 0 Å². The standard InChI is InChI=1S/C19H22N6O/c1-2-14-10-17(24-23-16(14)3-1)26-11-13-5-8-25(9-6-13)19-15-4-7-20-18(15)21-12-22-19/h4,7,10,12-13H,1-3,5-6,8-9,11H2,(H,20,21,22). The van der Waals surface area contributed by atoms with Crippen LogP contribution in [0.5, 0.6) is 5.88 Å². The molecule has 0 aromatic carbocycles. The number of hydrogen-bond acceptors (Lipinski definition) is 6. The molecule has 0 atom stereocenters. The zero-order valence-electron chi connectivity index (χ0n) is 14.7. The van der Waals surface area contributed by atoms with Crippen molar-refractivity contribution in [1.29, 1.82) is 0 Å². The van der Waals surface area contributed by atoms with Gasteiger partial charge in [-0.15, -0.1) is 5.10 Å². The molecule has 5 rings (SSSR count). The Bertz CT molecular complexity index is 915. The fourth-order valence-corrected chi connectivity index (χ4v) is 4.00. The van der Waals surface area contributed by atoms with E-state index in [9.17, 15) is 0 Å². The molecule has 1 N–H and O–H groups in total. The van der Waals surface area contributed by atoms with Crippen LogP contribution in [0.15, 0.2) is 24.7 Å². The Labute approximate surface area is 151 Å². The molecule has 3 aromatic heterocycles. The topological polar surface area (TPSA) is 79.8 Å². The average Bonchev–Trinajstić information content (AvgIpc) is 3.35. The monoisotopic (exact) mass is 350 g/mol. The number of hydrogen-bond donors (Lipinski definition) is 1. The van der Waals surface area contributed by atoms with E-state index in [-0.39, 0.29) is 0 Å². The summed E-state index contributed by atoms with van der Waals surface area (Å²) in [6.07, 6.45) is 9.08. The summed E-state index contributed by atoms with van der Waals surface area (Å²) in [4.78, 5) is 14.3. The number of rotatable bonds is 4. The second-order valence-corrected chi connectivity index (χ2v) is 7.19. The number of aromatic nitrogens is 5. The van der Waals surface area contributed by atoms with E-state index in [1.54, 1.807) is 6.33 Å². The van der Waals surface area contributed by atoms with Crippen molar-refractivity contribution in [2.45, 2.75) is 32.1 Å². The Morgan fingerprint density at radius 3 is 3.00 bits per heavy atom. The molecule has 7 nitrogen and oxygen atoms in total. The number of nitrogens with zero attached hydrogens (tertiary/aromatic N) is 5. The summed E-state index contributed by atoms with van der Waals surface area (Å²) < 4.78 is 5.95. The van der Waals surface area contributed by atoms with Crippen LogP contribution in [-0.4, -0.2) is 44.8 Å². The van der Waals surface area contributed by atoms with Gasteiger partial charge >= 0.3 is 0 Å². The summed E-state index contributed by atoms with van der Waals surface area (Å²) in [5, 5.41) is 9.61. The molecule has 1 saturated heterocycles. The Morgan fingerprint density at radius 1 is 1.15 bits per heavy atom. The first-order valence-electron chi connectivity index (χ1n) is 9.38. The van der Waals surface area contributed by atoms with Crippen molar-refractivity contribution < 1.29 is 4.74 Å². The van der Waals surface area contributed by atoms with E-state index in [1.807, 2.05) is 12.3 Å². The van der Waals surface area contributed by atoms with Gasteiger partial charge in [-0.3, -0.25) is 0 Å². The van der Waals surface area contributed by atoms with Crippen LogP contribution in [0, 0.1) is 5.92 Å². The second kappa shape index (κ2) is 6.55. The number of anilines is 1.